The molecule has 0 bridgehead atoms. The number of pyridine rings is 1. The smallest absolute Gasteiger partial charge is 0.227 e. The largest absolute Gasteiger partial charge is 0.496 e. The maximum atomic E-state index is 14.0. The van der Waals surface area contributed by atoms with Crippen LogP contribution in [0.5, 0.6) is 5.75 Å². The molecule has 1 fully saturated rings. The van der Waals surface area contributed by atoms with Crippen LogP contribution in [0.25, 0.3) is 22.2 Å². The lowest BCUT2D eigenvalue weighted by molar-refractivity contribution is -0.132. The van der Waals surface area contributed by atoms with E-state index in [2.05, 4.69) is 0 Å². The van der Waals surface area contributed by atoms with Gasteiger partial charge in [0.2, 0.25) is 5.91 Å². The number of rotatable bonds is 8. The predicted octanol–water partition coefficient (Wildman–Crippen LogP) is 5.86. The number of aromatic nitrogens is 1. The Morgan fingerprint density at radius 1 is 1.23 bits per heavy atom. The van der Waals surface area contributed by atoms with E-state index in [1.165, 1.54) is 12.1 Å². The Morgan fingerprint density at radius 2 is 2.11 bits per heavy atom. The number of benzene rings is 2. The van der Waals surface area contributed by atoms with Crippen molar-refractivity contribution in [3.8, 4) is 17.0 Å². The number of carbonyl (C=O) groups is 1. The first-order valence-electron chi connectivity index (χ1n) is 11.7. The summed E-state index contributed by atoms with van der Waals surface area (Å²) in [5, 5.41) is 4.82. The standard InChI is InChI=1S/C28H27FN2O3S/c1-33-26-7-3-2-6-24(26)28-21(14-20-8-9-22(29)15-25(20)30-28)16-31(17-23-5-4-11-34-23)27(32)13-19-10-12-35-18-19/h2-3,6-10,12,14-15,18,23H,4-5,11,13,16-17H2,1H3. The maximum absolute atomic E-state index is 14.0. The molecule has 0 aliphatic carbocycles. The number of ether oxygens (including phenoxy) is 2. The Labute approximate surface area is 208 Å². The third kappa shape index (κ3) is 5.36. The molecule has 1 amide bonds. The lowest BCUT2D eigenvalue weighted by Crippen LogP contribution is -2.38. The predicted molar refractivity (Wildman–Crippen MR) is 136 cm³/mol. The third-order valence-electron chi connectivity index (χ3n) is 6.32. The van der Waals surface area contributed by atoms with E-state index in [0.29, 0.717) is 36.5 Å². The fourth-order valence-corrected chi connectivity index (χ4v) is 5.22. The van der Waals surface area contributed by atoms with Gasteiger partial charge in [-0.15, -0.1) is 0 Å². The van der Waals surface area contributed by atoms with Crippen LogP contribution in [0.3, 0.4) is 0 Å². The van der Waals surface area contributed by atoms with E-state index in [9.17, 15) is 9.18 Å². The van der Waals surface area contributed by atoms with Gasteiger partial charge in [-0.3, -0.25) is 4.79 Å². The van der Waals surface area contributed by atoms with Gasteiger partial charge < -0.3 is 14.4 Å². The molecule has 5 rings (SSSR count). The van der Waals surface area contributed by atoms with Crippen molar-refractivity contribution in [2.45, 2.75) is 31.9 Å². The van der Waals surface area contributed by atoms with E-state index >= 15 is 0 Å². The number of nitrogens with zero attached hydrogens (tertiary/aromatic N) is 2. The summed E-state index contributed by atoms with van der Waals surface area (Å²) in [6, 6.07) is 16.2. The maximum Gasteiger partial charge on any atom is 0.227 e. The van der Waals surface area contributed by atoms with E-state index in [-0.39, 0.29) is 17.8 Å². The minimum Gasteiger partial charge on any atom is -0.496 e. The number of hydrogen-bond acceptors (Lipinski definition) is 5. The highest BCUT2D eigenvalue weighted by atomic mass is 32.1. The fourth-order valence-electron chi connectivity index (χ4n) is 4.55. The minimum absolute atomic E-state index is 0.0265. The summed E-state index contributed by atoms with van der Waals surface area (Å²) in [6.45, 7) is 1.62. The molecule has 5 nitrogen and oxygen atoms in total. The molecule has 180 valence electrons. The van der Waals surface area contributed by atoms with Crippen molar-refractivity contribution in [3.05, 3.63) is 82.3 Å². The van der Waals surface area contributed by atoms with Crippen LogP contribution >= 0.6 is 11.3 Å². The molecule has 2 aromatic heterocycles. The highest BCUT2D eigenvalue weighted by Crippen LogP contribution is 2.34. The Balaban J connectivity index is 1.56. The molecule has 7 heteroatoms. The number of thiophene rings is 1. The molecule has 0 N–H and O–H groups in total. The van der Waals surface area contributed by atoms with Crippen molar-refractivity contribution in [1.82, 2.24) is 9.88 Å². The van der Waals surface area contributed by atoms with Crippen LogP contribution in [0.2, 0.25) is 0 Å². The monoisotopic (exact) mass is 490 g/mol. The van der Waals surface area contributed by atoms with Gasteiger partial charge in [0.05, 0.1) is 30.8 Å². The van der Waals surface area contributed by atoms with Gasteiger partial charge in [-0.2, -0.15) is 11.3 Å². The number of methoxy groups -OCH3 is 1. The zero-order valence-corrected chi connectivity index (χ0v) is 20.4. The van der Waals surface area contributed by atoms with Crippen molar-refractivity contribution in [2.75, 3.05) is 20.3 Å². The summed E-state index contributed by atoms with van der Waals surface area (Å²) in [5.41, 5.74) is 3.93. The number of hydrogen-bond donors (Lipinski definition) is 0. The highest BCUT2D eigenvalue weighted by Gasteiger charge is 2.25. The van der Waals surface area contributed by atoms with Crippen LogP contribution in [0.4, 0.5) is 4.39 Å². The first kappa shape index (κ1) is 23.5. The number of carbonyl (C=O) groups excluding carboxylic acids is 1. The van der Waals surface area contributed by atoms with Gasteiger partial charge >= 0.3 is 0 Å². The number of para-hydroxylation sites is 1. The summed E-state index contributed by atoms with van der Waals surface area (Å²) in [5.74, 6) is 0.381. The summed E-state index contributed by atoms with van der Waals surface area (Å²) >= 11 is 1.59. The molecule has 1 atom stereocenters. The molecule has 0 saturated carbocycles. The van der Waals surface area contributed by atoms with Crippen molar-refractivity contribution in [1.29, 1.82) is 0 Å². The van der Waals surface area contributed by atoms with Gasteiger partial charge in [-0.25, -0.2) is 9.37 Å². The second-order valence-electron chi connectivity index (χ2n) is 8.75. The van der Waals surface area contributed by atoms with Crippen molar-refractivity contribution >= 4 is 28.1 Å². The Bertz CT molecular complexity index is 1320. The first-order valence-corrected chi connectivity index (χ1v) is 12.7. The second kappa shape index (κ2) is 10.5. The highest BCUT2D eigenvalue weighted by molar-refractivity contribution is 7.08. The summed E-state index contributed by atoms with van der Waals surface area (Å²) in [6.07, 6.45) is 2.31. The Kier molecular flexibility index (Phi) is 7.06. The fraction of sp³-hybridized carbons (Fsp3) is 0.286. The van der Waals surface area contributed by atoms with E-state index in [4.69, 9.17) is 14.5 Å². The molecule has 3 heterocycles. The molecule has 0 spiro atoms. The van der Waals surface area contributed by atoms with Crippen molar-refractivity contribution < 1.29 is 18.7 Å². The van der Waals surface area contributed by atoms with Crippen LogP contribution in [0, 0.1) is 5.82 Å². The zero-order valence-electron chi connectivity index (χ0n) is 19.6. The van der Waals surface area contributed by atoms with Crippen LogP contribution in [-0.2, 0) is 22.5 Å². The van der Waals surface area contributed by atoms with Gasteiger partial charge in [0.25, 0.3) is 0 Å². The zero-order chi connectivity index (χ0) is 24.2. The van der Waals surface area contributed by atoms with Crippen molar-refractivity contribution in [2.24, 2.45) is 0 Å². The molecule has 1 aliphatic heterocycles. The van der Waals surface area contributed by atoms with E-state index < -0.39 is 0 Å². The van der Waals surface area contributed by atoms with Gasteiger partial charge in [0.15, 0.2) is 0 Å². The SMILES string of the molecule is COc1ccccc1-c1nc2cc(F)ccc2cc1CN(CC1CCCO1)C(=O)Cc1ccsc1. The first-order chi connectivity index (χ1) is 17.1. The lowest BCUT2D eigenvalue weighted by Gasteiger charge is -2.27. The molecular weight excluding hydrogens is 463 g/mol. The molecule has 1 unspecified atom stereocenters. The van der Waals surface area contributed by atoms with Crippen LogP contribution in [0.1, 0.15) is 24.0 Å². The molecular formula is C28H27FN2O3S. The molecule has 2 aromatic carbocycles. The lowest BCUT2D eigenvalue weighted by atomic mass is 10.0. The quantitative estimate of drug-likeness (QED) is 0.310. The minimum atomic E-state index is -0.338. The van der Waals surface area contributed by atoms with Gasteiger partial charge in [0.1, 0.15) is 11.6 Å². The number of amides is 1. The van der Waals surface area contributed by atoms with Crippen LogP contribution in [0.15, 0.2) is 65.4 Å². The average Bonchev–Trinajstić information content (AvgIpc) is 3.58. The Morgan fingerprint density at radius 3 is 2.89 bits per heavy atom. The molecule has 4 aromatic rings. The normalized spacial score (nSPS) is 15.4. The Hall–Kier alpha value is -3.29. The van der Waals surface area contributed by atoms with Crippen LogP contribution < -0.4 is 4.74 Å². The summed E-state index contributed by atoms with van der Waals surface area (Å²) < 4.78 is 25.5. The topological polar surface area (TPSA) is 51.7 Å². The van der Waals surface area contributed by atoms with Gasteiger partial charge in [-0.05, 0) is 71.1 Å². The van der Waals surface area contributed by atoms with Gasteiger partial charge in [-0.1, -0.05) is 12.1 Å². The molecule has 35 heavy (non-hydrogen) atoms. The molecule has 0 radical (unpaired) electrons. The van der Waals surface area contributed by atoms with Crippen LogP contribution in [-0.4, -0.2) is 42.2 Å². The van der Waals surface area contributed by atoms with E-state index in [1.807, 2.05) is 52.1 Å². The number of halogens is 1. The average molecular weight is 491 g/mol. The van der Waals surface area contributed by atoms with E-state index in [1.54, 1.807) is 24.5 Å². The van der Waals surface area contributed by atoms with Gasteiger partial charge in [0, 0.05) is 36.7 Å². The molecule has 1 saturated heterocycles. The summed E-state index contributed by atoms with van der Waals surface area (Å²) in [4.78, 5) is 20.2. The van der Waals surface area contributed by atoms with Crippen molar-refractivity contribution in [3.63, 3.8) is 0 Å². The molecule has 1 aliphatic rings. The number of fused-ring (bicyclic) bond motifs is 1. The van der Waals surface area contributed by atoms with E-state index in [0.717, 1.165) is 41.5 Å². The summed E-state index contributed by atoms with van der Waals surface area (Å²) in [7, 11) is 1.62. The third-order valence-corrected chi connectivity index (χ3v) is 7.05. The second-order valence-corrected chi connectivity index (χ2v) is 9.53.